The highest BCUT2D eigenvalue weighted by Gasteiger charge is 2.09. The topological polar surface area (TPSA) is 64.4 Å². The zero-order valence-electron chi connectivity index (χ0n) is 9.59. The van der Waals surface area contributed by atoms with E-state index < -0.39 is 0 Å². The Morgan fingerprint density at radius 1 is 1.20 bits per heavy atom. The molecule has 0 bridgehead atoms. The first kappa shape index (κ1) is 13.8. The third-order valence-electron chi connectivity index (χ3n) is 2.66. The van der Waals surface area contributed by atoms with Gasteiger partial charge in [0.25, 0.3) is 0 Å². The van der Waals surface area contributed by atoms with Crippen molar-refractivity contribution in [3.05, 3.63) is 22.8 Å². The Morgan fingerprint density at radius 3 is 2.20 bits per heavy atom. The lowest BCUT2D eigenvalue weighted by molar-refractivity contribution is 1.33. The highest BCUT2D eigenvalue weighted by atomic mass is 35.5. The molecule has 0 spiro atoms. The fourth-order valence-corrected chi connectivity index (χ4v) is 1.38. The summed E-state index contributed by atoms with van der Waals surface area (Å²) >= 11 is 0. The molecule has 0 heterocycles. The summed E-state index contributed by atoms with van der Waals surface area (Å²) in [7, 11) is 1.75. The lowest BCUT2D eigenvalue weighted by Gasteiger charge is -2.12. The number of nitrogen functional groups attached to an aromatic ring is 2. The van der Waals surface area contributed by atoms with Crippen LogP contribution in [0.3, 0.4) is 0 Å². The molecule has 0 saturated carbocycles. The molecule has 0 aliphatic rings. The summed E-state index contributed by atoms with van der Waals surface area (Å²) in [5, 5.41) is 0. The Balaban J connectivity index is 0.00000196. The van der Waals surface area contributed by atoms with E-state index >= 15 is 0 Å². The quantitative estimate of drug-likeness (QED) is 0.571. The molecule has 0 unspecified atom stereocenters. The number of aliphatic imine (C=N–C) groups is 1. The van der Waals surface area contributed by atoms with E-state index in [9.17, 15) is 0 Å². The van der Waals surface area contributed by atoms with Crippen molar-refractivity contribution in [3.63, 3.8) is 0 Å². The second-order valence-corrected chi connectivity index (χ2v) is 3.50. The maximum absolute atomic E-state index is 5.92. The van der Waals surface area contributed by atoms with Gasteiger partial charge in [0.15, 0.2) is 0 Å². The average molecular weight is 228 g/mol. The van der Waals surface area contributed by atoms with Gasteiger partial charge >= 0.3 is 0 Å². The Hall–Kier alpha value is -1.22. The van der Waals surface area contributed by atoms with Gasteiger partial charge in [0.1, 0.15) is 0 Å². The zero-order valence-corrected chi connectivity index (χ0v) is 10.4. The molecule has 1 aromatic carbocycles. The molecule has 15 heavy (non-hydrogen) atoms. The second kappa shape index (κ2) is 5.03. The largest absolute Gasteiger partial charge is 0.397 e. The van der Waals surface area contributed by atoms with E-state index in [1.807, 2.05) is 26.8 Å². The van der Waals surface area contributed by atoms with Crippen LogP contribution >= 0.6 is 12.4 Å². The number of hydrogen-bond acceptors (Lipinski definition) is 3. The van der Waals surface area contributed by atoms with Crippen LogP contribution in [-0.2, 0) is 0 Å². The van der Waals surface area contributed by atoms with Crippen LogP contribution in [0.15, 0.2) is 11.1 Å². The van der Waals surface area contributed by atoms with Gasteiger partial charge < -0.3 is 11.5 Å². The molecule has 0 amide bonds. The minimum atomic E-state index is 0. The normalized spacial score (nSPS) is 11.1. The molecule has 0 saturated heterocycles. The van der Waals surface area contributed by atoms with Crippen LogP contribution in [0.1, 0.15) is 23.6 Å². The zero-order chi connectivity index (χ0) is 10.9. The molecular weight excluding hydrogens is 210 g/mol. The lowest BCUT2D eigenvalue weighted by Crippen LogP contribution is -2.07. The van der Waals surface area contributed by atoms with Gasteiger partial charge in [-0.1, -0.05) is 0 Å². The molecular formula is C11H18ClN3. The van der Waals surface area contributed by atoms with Crippen molar-refractivity contribution in [2.75, 3.05) is 18.5 Å². The SMILES string of the molecule is CN=C(C)c1cc(C)c(C)c(N)c1N.Cl. The van der Waals surface area contributed by atoms with Crippen LogP contribution in [0.4, 0.5) is 11.4 Å². The first-order valence-corrected chi connectivity index (χ1v) is 4.58. The molecule has 0 fully saturated rings. The van der Waals surface area contributed by atoms with E-state index in [-0.39, 0.29) is 12.4 Å². The number of nitrogens with zero attached hydrogens (tertiary/aromatic N) is 1. The van der Waals surface area contributed by atoms with Crippen molar-refractivity contribution >= 4 is 29.5 Å². The Labute approximate surface area is 97.0 Å². The van der Waals surface area contributed by atoms with Crippen LogP contribution in [0.25, 0.3) is 0 Å². The average Bonchev–Trinajstić information content (AvgIpc) is 2.19. The molecule has 1 rings (SSSR count). The van der Waals surface area contributed by atoms with Crippen LogP contribution in [0, 0.1) is 13.8 Å². The van der Waals surface area contributed by atoms with Crippen molar-refractivity contribution in [2.45, 2.75) is 20.8 Å². The second-order valence-electron chi connectivity index (χ2n) is 3.50. The molecule has 0 aromatic heterocycles. The third kappa shape index (κ3) is 2.42. The highest BCUT2D eigenvalue weighted by molar-refractivity contribution is 6.05. The molecule has 1 aromatic rings. The maximum atomic E-state index is 5.92. The van der Waals surface area contributed by atoms with Crippen molar-refractivity contribution < 1.29 is 0 Å². The smallest absolute Gasteiger partial charge is 0.0642 e. The summed E-state index contributed by atoms with van der Waals surface area (Å²) in [5.74, 6) is 0. The van der Waals surface area contributed by atoms with Gasteiger partial charge in [-0.05, 0) is 38.0 Å². The van der Waals surface area contributed by atoms with Crippen molar-refractivity contribution in [2.24, 2.45) is 4.99 Å². The van der Waals surface area contributed by atoms with E-state index in [2.05, 4.69) is 4.99 Å². The summed E-state index contributed by atoms with van der Waals surface area (Å²) in [6.45, 7) is 5.93. The van der Waals surface area contributed by atoms with Crippen LogP contribution < -0.4 is 11.5 Å². The van der Waals surface area contributed by atoms with Crippen LogP contribution in [0.5, 0.6) is 0 Å². The van der Waals surface area contributed by atoms with E-state index in [1.165, 1.54) is 0 Å². The molecule has 0 radical (unpaired) electrons. The predicted molar refractivity (Wildman–Crippen MR) is 70.1 cm³/mol. The van der Waals surface area contributed by atoms with Crippen molar-refractivity contribution in [1.29, 1.82) is 0 Å². The lowest BCUT2D eigenvalue weighted by atomic mass is 9.99. The Bertz CT molecular complexity index is 397. The molecule has 3 nitrogen and oxygen atoms in total. The summed E-state index contributed by atoms with van der Waals surface area (Å²) < 4.78 is 0. The standard InChI is InChI=1S/C11H17N3.ClH/c1-6-5-9(8(3)14-4)11(13)10(12)7(6)2;/h5H,12-13H2,1-4H3;1H. The van der Waals surface area contributed by atoms with Gasteiger partial charge in [-0.25, -0.2) is 0 Å². The maximum Gasteiger partial charge on any atom is 0.0642 e. The predicted octanol–water partition coefficient (Wildman–Crippen LogP) is 2.33. The first-order valence-electron chi connectivity index (χ1n) is 4.58. The fourth-order valence-electron chi connectivity index (χ4n) is 1.38. The van der Waals surface area contributed by atoms with E-state index in [4.69, 9.17) is 11.5 Å². The highest BCUT2D eigenvalue weighted by Crippen LogP contribution is 2.27. The van der Waals surface area contributed by atoms with Crippen LogP contribution in [-0.4, -0.2) is 12.8 Å². The van der Waals surface area contributed by atoms with Gasteiger partial charge in [0, 0.05) is 18.3 Å². The summed E-state index contributed by atoms with van der Waals surface area (Å²) in [4.78, 5) is 4.11. The Morgan fingerprint density at radius 2 is 1.73 bits per heavy atom. The number of rotatable bonds is 1. The minimum absolute atomic E-state index is 0. The molecule has 4 N–H and O–H groups in total. The van der Waals surface area contributed by atoms with E-state index in [1.54, 1.807) is 7.05 Å². The number of halogens is 1. The molecule has 4 heteroatoms. The van der Waals surface area contributed by atoms with E-state index in [0.29, 0.717) is 11.4 Å². The van der Waals surface area contributed by atoms with Gasteiger partial charge in [-0.3, -0.25) is 4.99 Å². The number of aryl methyl sites for hydroxylation is 1. The third-order valence-corrected chi connectivity index (χ3v) is 2.66. The summed E-state index contributed by atoms with van der Waals surface area (Å²) in [6.07, 6.45) is 0. The minimum Gasteiger partial charge on any atom is -0.397 e. The number of anilines is 2. The van der Waals surface area contributed by atoms with E-state index in [0.717, 1.165) is 22.4 Å². The van der Waals surface area contributed by atoms with Crippen molar-refractivity contribution in [3.8, 4) is 0 Å². The number of benzene rings is 1. The van der Waals surface area contributed by atoms with Gasteiger partial charge in [-0.2, -0.15) is 0 Å². The van der Waals surface area contributed by atoms with Gasteiger partial charge in [-0.15, -0.1) is 12.4 Å². The fraction of sp³-hybridized carbons (Fsp3) is 0.364. The monoisotopic (exact) mass is 227 g/mol. The molecule has 0 aliphatic heterocycles. The Kier molecular flexibility index (Phi) is 4.62. The molecule has 0 aliphatic carbocycles. The summed E-state index contributed by atoms with van der Waals surface area (Å²) in [6, 6.07) is 2.03. The molecule has 0 atom stereocenters. The first-order chi connectivity index (χ1) is 6.49. The molecule has 84 valence electrons. The summed E-state index contributed by atoms with van der Waals surface area (Å²) in [5.41, 5.74) is 17.2. The van der Waals surface area contributed by atoms with Gasteiger partial charge in [0.05, 0.1) is 11.4 Å². The van der Waals surface area contributed by atoms with Crippen molar-refractivity contribution in [1.82, 2.24) is 0 Å². The van der Waals surface area contributed by atoms with Crippen LogP contribution in [0.2, 0.25) is 0 Å². The van der Waals surface area contributed by atoms with Gasteiger partial charge in [0.2, 0.25) is 0 Å². The number of nitrogens with two attached hydrogens (primary N) is 2. The number of hydrogen-bond donors (Lipinski definition) is 2.